The lowest BCUT2D eigenvalue weighted by atomic mass is 10.1. The van der Waals surface area contributed by atoms with Gasteiger partial charge in [0, 0.05) is 30.8 Å². The normalized spacial score (nSPS) is 11.8. The zero-order valence-electron chi connectivity index (χ0n) is 12.2. The van der Waals surface area contributed by atoms with Crippen LogP contribution in [0.3, 0.4) is 0 Å². The van der Waals surface area contributed by atoms with Crippen molar-refractivity contribution >= 4 is 11.8 Å². The molecule has 0 saturated heterocycles. The predicted molar refractivity (Wildman–Crippen MR) is 77.9 cm³/mol. The predicted octanol–water partition coefficient (Wildman–Crippen LogP) is 1.59. The van der Waals surface area contributed by atoms with Crippen molar-refractivity contribution in [1.29, 1.82) is 0 Å². The fraction of sp³-hybridized carbons (Fsp3) is 0.467. The summed E-state index contributed by atoms with van der Waals surface area (Å²) in [5, 5.41) is 5.60. The summed E-state index contributed by atoms with van der Waals surface area (Å²) in [6.45, 7) is 4.85. The highest BCUT2D eigenvalue weighted by Crippen LogP contribution is 2.06. The monoisotopic (exact) mass is 278 g/mol. The molecule has 1 aromatic carbocycles. The molecule has 110 valence electrons. The number of methoxy groups -OCH3 is 1. The number of amides is 2. The molecule has 1 atom stereocenters. The van der Waals surface area contributed by atoms with E-state index in [1.165, 1.54) is 0 Å². The fourth-order valence-corrected chi connectivity index (χ4v) is 1.58. The van der Waals surface area contributed by atoms with E-state index in [1.807, 2.05) is 13.8 Å². The summed E-state index contributed by atoms with van der Waals surface area (Å²) in [4.78, 5) is 23.9. The second-order valence-corrected chi connectivity index (χ2v) is 4.61. The lowest BCUT2D eigenvalue weighted by Crippen LogP contribution is -2.32. The highest BCUT2D eigenvalue weighted by atomic mass is 16.5. The summed E-state index contributed by atoms with van der Waals surface area (Å²) in [5.74, 6) is -0.369. The molecule has 1 unspecified atom stereocenters. The molecule has 1 aromatic rings. The van der Waals surface area contributed by atoms with Crippen LogP contribution in [-0.2, 0) is 4.74 Å². The molecule has 5 nitrogen and oxygen atoms in total. The van der Waals surface area contributed by atoms with Gasteiger partial charge in [0.05, 0.1) is 6.61 Å². The maximum absolute atomic E-state index is 12.0. The number of nitrogens with one attached hydrogen (secondary N) is 2. The van der Waals surface area contributed by atoms with Crippen LogP contribution in [0.4, 0.5) is 0 Å². The van der Waals surface area contributed by atoms with Crippen LogP contribution in [0, 0.1) is 0 Å². The van der Waals surface area contributed by atoms with Gasteiger partial charge >= 0.3 is 0 Å². The number of benzene rings is 1. The van der Waals surface area contributed by atoms with Crippen LogP contribution in [0.2, 0.25) is 0 Å². The van der Waals surface area contributed by atoms with Crippen molar-refractivity contribution in [2.24, 2.45) is 0 Å². The Morgan fingerprint density at radius 2 is 1.90 bits per heavy atom. The van der Waals surface area contributed by atoms with Crippen molar-refractivity contribution in [3.63, 3.8) is 0 Å². The van der Waals surface area contributed by atoms with Crippen molar-refractivity contribution < 1.29 is 14.3 Å². The summed E-state index contributed by atoms with van der Waals surface area (Å²) in [7, 11) is 1.58. The first-order chi connectivity index (χ1) is 9.58. The van der Waals surface area contributed by atoms with E-state index in [4.69, 9.17) is 4.74 Å². The van der Waals surface area contributed by atoms with Crippen LogP contribution in [0.15, 0.2) is 24.3 Å². The molecule has 0 radical (unpaired) electrons. The third-order valence-electron chi connectivity index (χ3n) is 2.97. The highest BCUT2D eigenvalue weighted by molar-refractivity contribution is 5.99. The highest BCUT2D eigenvalue weighted by Gasteiger charge is 2.11. The van der Waals surface area contributed by atoms with E-state index in [-0.39, 0.29) is 17.9 Å². The van der Waals surface area contributed by atoms with E-state index in [2.05, 4.69) is 10.6 Å². The first-order valence-electron chi connectivity index (χ1n) is 6.76. The van der Waals surface area contributed by atoms with Crippen molar-refractivity contribution in [2.75, 3.05) is 20.3 Å². The van der Waals surface area contributed by atoms with Crippen molar-refractivity contribution in [3.8, 4) is 0 Å². The van der Waals surface area contributed by atoms with Gasteiger partial charge in [-0.1, -0.05) is 13.0 Å². The maximum atomic E-state index is 12.0. The topological polar surface area (TPSA) is 67.4 Å². The molecule has 0 fully saturated rings. The lowest BCUT2D eigenvalue weighted by molar-refractivity contribution is 0.0937. The van der Waals surface area contributed by atoms with Crippen LogP contribution in [0.25, 0.3) is 0 Å². The van der Waals surface area contributed by atoms with Crippen LogP contribution >= 0.6 is 0 Å². The molecule has 0 saturated carbocycles. The molecule has 0 bridgehead atoms. The minimum Gasteiger partial charge on any atom is -0.383 e. The zero-order chi connectivity index (χ0) is 15.0. The Bertz CT molecular complexity index is 460. The standard InChI is InChI=1S/C15H22N2O3/c1-4-11(2)17-15(19)13-7-5-6-12(10-13)14(18)16-8-9-20-3/h5-7,10-11H,4,8-9H2,1-3H3,(H,16,18)(H,17,19). The first-order valence-corrected chi connectivity index (χ1v) is 6.76. The number of rotatable bonds is 7. The third-order valence-corrected chi connectivity index (χ3v) is 2.97. The number of ether oxygens (including phenoxy) is 1. The van der Waals surface area contributed by atoms with Crippen molar-refractivity contribution in [1.82, 2.24) is 10.6 Å². The first kappa shape index (κ1) is 16.2. The van der Waals surface area contributed by atoms with Crippen LogP contribution in [0.5, 0.6) is 0 Å². The molecular weight excluding hydrogens is 256 g/mol. The lowest BCUT2D eigenvalue weighted by Gasteiger charge is -2.12. The Balaban J connectivity index is 2.70. The van der Waals surface area contributed by atoms with Crippen molar-refractivity contribution in [3.05, 3.63) is 35.4 Å². The van der Waals surface area contributed by atoms with Gasteiger partial charge in [0.1, 0.15) is 0 Å². The number of hydrogen-bond donors (Lipinski definition) is 2. The molecule has 0 aliphatic carbocycles. The molecule has 0 aromatic heterocycles. The van der Waals surface area contributed by atoms with Gasteiger partial charge in [-0.25, -0.2) is 0 Å². The Morgan fingerprint density at radius 1 is 1.25 bits per heavy atom. The Hall–Kier alpha value is -1.88. The molecule has 2 amide bonds. The molecule has 5 heteroatoms. The second-order valence-electron chi connectivity index (χ2n) is 4.61. The number of carbonyl (C=O) groups excluding carboxylic acids is 2. The van der Waals surface area contributed by atoms with Gasteiger partial charge in [0.15, 0.2) is 0 Å². The van der Waals surface area contributed by atoms with E-state index >= 15 is 0 Å². The van der Waals surface area contributed by atoms with E-state index in [0.29, 0.717) is 24.3 Å². The van der Waals surface area contributed by atoms with Gasteiger partial charge in [-0.3, -0.25) is 9.59 Å². The SMILES string of the molecule is CCC(C)NC(=O)c1cccc(C(=O)NCCOC)c1. The fourth-order valence-electron chi connectivity index (χ4n) is 1.58. The minimum absolute atomic E-state index is 0.113. The van der Waals surface area contributed by atoms with Gasteiger partial charge < -0.3 is 15.4 Å². The molecule has 0 aliphatic rings. The zero-order valence-corrected chi connectivity index (χ0v) is 12.2. The maximum Gasteiger partial charge on any atom is 0.251 e. The van der Waals surface area contributed by atoms with Crippen LogP contribution < -0.4 is 10.6 Å². The summed E-state index contributed by atoms with van der Waals surface area (Å²) < 4.78 is 4.87. The van der Waals surface area contributed by atoms with Gasteiger partial charge in [-0.2, -0.15) is 0 Å². The van der Waals surface area contributed by atoms with E-state index in [0.717, 1.165) is 6.42 Å². The largest absolute Gasteiger partial charge is 0.383 e. The summed E-state index contributed by atoms with van der Waals surface area (Å²) >= 11 is 0. The van der Waals surface area contributed by atoms with Crippen molar-refractivity contribution in [2.45, 2.75) is 26.3 Å². The average Bonchev–Trinajstić information content (AvgIpc) is 2.47. The Kier molecular flexibility index (Phi) is 6.73. The molecular formula is C15H22N2O3. The number of hydrogen-bond acceptors (Lipinski definition) is 3. The second kappa shape index (κ2) is 8.32. The van der Waals surface area contributed by atoms with E-state index < -0.39 is 0 Å². The Labute approximate surface area is 119 Å². The van der Waals surface area contributed by atoms with Crippen LogP contribution in [-0.4, -0.2) is 38.1 Å². The quantitative estimate of drug-likeness (QED) is 0.744. The van der Waals surface area contributed by atoms with Gasteiger partial charge in [-0.05, 0) is 31.5 Å². The summed E-state index contributed by atoms with van der Waals surface area (Å²) in [6, 6.07) is 6.80. The molecule has 0 aliphatic heterocycles. The molecule has 0 heterocycles. The van der Waals surface area contributed by atoms with Gasteiger partial charge in [0.2, 0.25) is 0 Å². The van der Waals surface area contributed by atoms with Gasteiger partial charge in [0.25, 0.3) is 11.8 Å². The molecule has 2 N–H and O–H groups in total. The average molecular weight is 278 g/mol. The Morgan fingerprint density at radius 3 is 2.50 bits per heavy atom. The summed E-state index contributed by atoms with van der Waals surface area (Å²) in [5.41, 5.74) is 0.961. The van der Waals surface area contributed by atoms with E-state index in [9.17, 15) is 9.59 Å². The van der Waals surface area contributed by atoms with Gasteiger partial charge in [-0.15, -0.1) is 0 Å². The number of carbonyl (C=O) groups is 2. The van der Waals surface area contributed by atoms with Crippen LogP contribution in [0.1, 0.15) is 41.0 Å². The van der Waals surface area contributed by atoms with E-state index in [1.54, 1.807) is 31.4 Å². The third kappa shape index (κ3) is 5.01. The summed E-state index contributed by atoms with van der Waals surface area (Å²) in [6.07, 6.45) is 0.864. The molecule has 1 rings (SSSR count). The minimum atomic E-state index is -0.208. The smallest absolute Gasteiger partial charge is 0.251 e. The molecule has 20 heavy (non-hydrogen) atoms. The molecule has 0 spiro atoms.